The van der Waals surface area contributed by atoms with Gasteiger partial charge in [-0.25, -0.2) is 0 Å². The predicted octanol–water partition coefficient (Wildman–Crippen LogP) is 2.48. The third-order valence-electron chi connectivity index (χ3n) is 2.39. The van der Waals surface area contributed by atoms with Crippen molar-refractivity contribution >= 4 is 11.8 Å². The first-order chi connectivity index (χ1) is 4.88. The third-order valence-corrected chi connectivity index (χ3v) is 3.81. The summed E-state index contributed by atoms with van der Waals surface area (Å²) in [6.45, 7) is 2.33. The Morgan fingerprint density at radius 1 is 1.30 bits per heavy atom. The average molecular weight is 152 g/mol. The predicted molar refractivity (Wildman–Crippen MR) is 47.2 cm³/mol. The number of rotatable bonds is 0. The second kappa shape index (κ2) is 2.46. The summed E-state index contributed by atoms with van der Waals surface area (Å²) in [6, 6.07) is 0. The maximum Gasteiger partial charge on any atom is 0.00878 e. The number of allylic oxidation sites excluding steroid dienone is 4. The zero-order chi connectivity index (χ0) is 6.97. The van der Waals surface area contributed by atoms with Gasteiger partial charge >= 0.3 is 0 Å². The van der Waals surface area contributed by atoms with Gasteiger partial charge in [0.05, 0.1) is 0 Å². The molecule has 1 fully saturated rings. The molecule has 0 aromatic heterocycles. The van der Waals surface area contributed by atoms with Gasteiger partial charge in [0, 0.05) is 11.0 Å². The maximum atomic E-state index is 2.36. The van der Waals surface area contributed by atoms with Gasteiger partial charge < -0.3 is 0 Å². The first-order valence-corrected chi connectivity index (χ1v) is 4.89. The van der Waals surface area contributed by atoms with Crippen molar-refractivity contribution in [2.24, 2.45) is 11.8 Å². The van der Waals surface area contributed by atoms with E-state index in [2.05, 4.69) is 43.0 Å². The lowest BCUT2D eigenvalue weighted by Crippen LogP contribution is -2.14. The Morgan fingerprint density at radius 3 is 2.90 bits per heavy atom. The summed E-state index contributed by atoms with van der Waals surface area (Å²) in [5.41, 5.74) is 0. The van der Waals surface area contributed by atoms with Crippen LogP contribution in [0.2, 0.25) is 0 Å². The Bertz CT molecular complexity index is 181. The topological polar surface area (TPSA) is 0 Å². The summed E-state index contributed by atoms with van der Waals surface area (Å²) >= 11 is 2.10. The lowest BCUT2D eigenvalue weighted by molar-refractivity contribution is 0.539. The molecule has 0 radical (unpaired) electrons. The molecule has 2 aliphatic rings. The number of hydrogen-bond donors (Lipinski definition) is 0. The molecule has 0 aromatic rings. The van der Waals surface area contributed by atoms with Gasteiger partial charge in [-0.05, 0) is 11.8 Å². The molecule has 3 atom stereocenters. The van der Waals surface area contributed by atoms with E-state index in [4.69, 9.17) is 0 Å². The lowest BCUT2D eigenvalue weighted by Gasteiger charge is -2.16. The van der Waals surface area contributed by atoms with E-state index in [-0.39, 0.29) is 0 Å². The summed E-state index contributed by atoms with van der Waals surface area (Å²) in [5.74, 6) is 2.99. The van der Waals surface area contributed by atoms with Gasteiger partial charge in [-0.1, -0.05) is 31.2 Å². The van der Waals surface area contributed by atoms with Crippen LogP contribution in [0.25, 0.3) is 0 Å². The van der Waals surface area contributed by atoms with Gasteiger partial charge in [0.1, 0.15) is 0 Å². The monoisotopic (exact) mass is 152 g/mol. The molecule has 0 spiro atoms. The zero-order valence-corrected chi connectivity index (χ0v) is 6.97. The quantitative estimate of drug-likeness (QED) is 0.514. The SMILES string of the molecule is CC1SCC2C=CC=CC21. The molecule has 54 valence electrons. The van der Waals surface area contributed by atoms with Crippen molar-refractivity contribution in [1.82, 2.24) is 0 Å². The Kier molecular flexibility index (Phi) is 1.61. The van der Waals surface area contributed by atoms with Crippen LogP contribution < -0.4 is 0 Å². The first kappa shape index (κ1) is 6.53. The van der Waals surface area contributed by atoms with Crippen LogP contribution in [0.4, 0.5) is 0 Å². The van der Waals surface area contributed by atoms with Crippen molar-refractivity contribution in [3.63, 3.8) is 0 Å². The molecule has 1 heterocycles. The van der Waals surface area contributed by atoms with E-state index in [0.29, 0.717) is 0 Å². The van der Waals surface area contributed by atoms with Crippen molar-refractivity contribution in [1.29, 1.82) is 0 Å². The molecule has 0 bridgehead atoms. The highest BCUT2D eigenvalue weighted by Crippen LogP contribution is 2.39. The molecule has 1 aliphatic carbocycles. The van der Waals surface area contributed by atoms with Crippen LogP contribution in [0.3, 0.4) is 0 Å². The molecule has 0 nitrogen and oxygen atoms in total. The lowest BCUT2D eigenvalue weighted by atomic mass is 9.88. The highest BCUT2D eigenvalue weighted by atomic mass is 32.2. The normalized spacial score (nSPS) is 43.9. The smallest absolute Gasteiger partial charge is 0.00878 e. The molecule has 2 rings (SSSR count). The fraction of sp³-hybridized carbons (Fsp3) is 0.556. The number of hydrogen-bond acceptors (Lipinski definition) is 1. The highest BCUT2D eigenvalue weighted by Gasteiger charge is 2.30. The summed E-state index contributed by atoms with van der Waals surface area (Å²) in [5, 5.41) is 0.839. The summed E-state index contributed by atoms with van der Waals surface area (Å²) < 4.78 is 0. The van der Waals surface area contributed by atoms with Crippen LogP contribution in [-0.4, -0.2) is 11.0 Å². The van der Waals surface area contributed by atoms with Gasteiger partial charge in [0.15, 0.2) is 0 Å². The van der Waals surface area contributed by atoms with E-state index in [0.717, 1.165) is 17.1 Å². The fourth-order valence-corrected chi connectivity index (χ4v) is 3.09. The van der Waals surface area contributed by atoms with Gasteiger partial charge in [-0.15, -0.1) is 0 Å². The van der Waals surface area contributed by atoms with Crippen LogP contribution >= 0.6 is 11.8 Å². The largest absolute Gasteiger partial charge is 0.158 e. The van der Waals surface area contributed by atoms with Crippen LogP contribution in [-0.2, 0) is 0 Å². The molecule has 0 aromatic carbocycles. The molecule has 1 aliphatic heterocycles. The molecular formula is C9H12S. The summed E-state index contributed by atoms with van der Waals surface area (Å²) in [7, 11) is 0. The van der Waals surface area contributed by atoms with Crippen molar-refractivity contribution < 1.29 is 0 Å². The first-order valence-electron chi connectivity index (χ1n) is 3.84. The standard InChI is InChI=1S/C9H12S/c1-7-9-5-3-2-4-8(9)6-10-7/h2-5,7-9H,6H2,1H3. The van der Waals surface area contributed by atoms with Crippen molar-refractivity contribution in [2.45, 2.75) is 12.2 Å². The van der Waals surface area contributed by atoms with E-state index < -0.39 is 0 Å². The fourth-order valence-electron chi connectivity index (χ4n) is 1.72. The number of thioether (sulfide) groups is 1. The second-order valence-electron chi connectivity index (χ2n) is 3.05. The molecular weight excluding hydrogens is 140 g/mol. The minimum atomic E-state index is 0.829. The van der Waals surface area contributed by atoms with E-state index in [1.54, 1.807) is 0 Å². The third kappa shape index (κ3) is 0.929. The highest BCUT2D eigenvalue weighted by molar-refractivity contribution is 8.00. The van der Waals surface area contributed by atoms with Crippen molar-refractivity contribution in [3.05, 3.63) is 24.3 Å². The van der Waals surface area contributed by atoms with Crippen LogP contribution in [0.5, 0.6) is 0 Å². The van der Waals surface area contributed by atoms with Crippen molar-refractivity contribution in [2.75, 3.05) is 5.75 Å². The van der Waals surface area contributed by atoms with E-state index in [1.807, 2.05) is 0 Å². The molecule has 1 saturated heterocycles. The molecule has 10 heavy (non-hydrogen) atoms. The van der Waals surface area contributed by atoms with E-state index >= 15 is 0 Å². The zero-order valence-electron chi connectivity index (χ0n) is 6.16. The number of fused-ring (bicyclic) bond motifs is 1. The molecule has 0 N–H and O–H groups in total. The Morgan fingerprint density at radius 2 is 2.10 bits per heavy atom. The minimum Gasteiger partial charge on any atom is -0.158 e. The Balaban J connectivity index is 2.19. The van der Waals surface area contributed by atoms with Gasteiger partial charge in [0.2, 0.25) is 0 Å². The summed E-state index contributed by atoms with van der Waals surface area (Å²) in [4.78, 5) is 0. The average Bonchev–Trinajstić information content (AvgIpc) is 2.34. The van der Waals surface area contributed by atoms with Crippen LogP contribution in [0, 0.1) is 11.8 Å². The van der Waals surface area contributed by atoms with Crippen LogP contribution in [0.15, 0.2) is 24.3 Å². The van der Waals surface area contributed by atoms with Crippen molar-refractivity contribution in [3.8, 4) is 0 Å². The molecule has 0 amide bonds. The van der Waals surface area contributed by atoms with Crippen LogP contribution in [0.1, 0.15) is 6.92 Å². The molecule has 1 heteroatoms. The molecule has 3 unspecified atom stereocenters. The van der Waals surface area contributed by atoms with Gasteiger partial charge in [-0.3, -0.25) is 0 Å². The minimum absolute atomic E-state index is 0.829. The summed E-state index contributed by atoms with van der Waals surface area (Å²) in [6.07, 6.45) is 9.07. The van der Waals surface area contributed by atoms with E-state index in [1.165, 1.54) is 5.75 Å². The van der Waals surface area contributed by atoms with E-state index in [9.17, 15) is 0 Å². The molecule has 0 saturated carbocycles. The maximum absolute atomic E-state index is 2.36. The Labute approximate surface area is 66.4 Å². The second-order valence-corrected chi connectivity index (χ2v) is 4.46. The van der Waals surface area contributed by atoms with Gasteiger partial charge in [0.25, 0.3) is 0 Å². The van der Waals surface area contributed by atoms with Gasteiger partial charge in [-0.2, -0.15) is 11.8 Å². The Hall–Kier alpha value is -0.170.